The van der Waals surface area contributed by atoms with Crippen molar-refractivity contribution in [3.63, 3.8) is 0 Å². The number of benzene rings is 2. The Hall–Kier alpha value is -4.09. The second kappa shape index (κ2) is 11.8. The number of pyridine rings is 1. The SMILES string of the molecule is CCS(=O)(=O)CCNc1cccc(C(=O)N2CCc3cc(C(=O)Nc4c(C)cccc4F)sc3-c3ccccc32)n1. The van der Waals surface area contributed by atoms with Crippen LogP contribution in [0.15, 0.2) is 66.7 Å². The molecule has 212 valence electrons. The number of sulfone groups is 1. The molecule has 0 atom stereocenters. The summed E-state index contributed by atoms with van der Waals surface area (Å²) in [5.41, 5.74) is 3.47. The number of amides is 2. The molecular weight excluding hydrogens is 563 g/mol. The van der Waals surface area contributed by atoms with Gasteiger partial charge in [0.2, 0.25) is 0 Å². The minimum Gasteiger partial charge on any atom is -0.369 e. The van der Waals surface area contributed by atoms with E-state index < -0.39 is 15.7 Å². The highest BCUT2D eigenvalue weighted by molar-refractivity contribution is 7.91. The van der Waals surface area contributed by atoms with Crippen molar-refractivity contribution in [1.82, 2.24) is 4.98 Å². The van der Waals surface area contributed by atoms with E-state index in [0.29, 0.717) is 34.9 Å². The molecule has 2 aromatic heterocycles. The number of hydrogen-bond donors (Lipinski definition) is 2. The molecule has 0 aliphatic carbocycles. The summed E-state index contributed by atoms with van der Waals surface area (Å²) < 4.78 is 37.9. The van der Waals surface area contributed by atoms with Crippen LogP contribution in [0.5, 0.6) is 0 Å². The van der Waals surface area contributed by atoms with E-state index in [1.807, 2.05) is 30.3 Å². The van der Waals surface area contributed by atoms with Crippen molar-refractivity contribution < 1.29 is 22.4 Å². The minimum absolute atomic E-state index is 0.0226. The fraction of sp³-hybridized carbons (Fsp3) is 0.233. The molecule has 11 heteroatoms. The molecule has 5 rings (SSSR count). The summed E-state index contributed by atoms with van der Waals surface area (Å²) in [7, 11) is -3.13. The number of nitrogens with one attached hydrogen (secondary N) is 2. The van der Waals surface area contributed by atoms with Crippen molar-refractivity contribution in [2.75, 3.05) is 40.1 Å². The van der Waals surface area contributed by atoms with Crippen molar-refractivity contribution in [1.29, 1.82) is 0 Å². The van der Waals surface area contributed by atoms with Crippen LogP contribution in [-0.4, -0.2) is 49.8 Å². The number of carbonyl (C=O) groups is 2. The molecule has 0 saturated heterocycles. The zero-order chi connectivity index (χ0) is 29.1. The van der Waals surface area contributed by atoms with E-state index in [9.17, 15) is 22.4 Å². The van der Waals surface area contributed by atoms with Crippen molar-refractivity contribution >= 4 is 50.2 Å². The molecule has 41 heavy (non-hydrogen) atoms. The van der Waals surface area contributed by atoms with Gasteiger partial charge in [0.15, 0.2) is 9.84 Å². The number of hydrogen-bond acceptors (Lipinski definition) is 7. The molecule has 1 aliphatic heterocycles. The molecule has 2 N–H and O–H groups in total. The third kappa shape index (κ3) is 6.15. The van der Waals surface area contributed by atoms with Crippen LogP contribution in [0.4, 0.5) is 21.6 Å². The first-order valence-electron chi connectivity index (χ1n) is 13.2. The Balaban J connectivity index is 1.39. The fourth-order valence-corrected chi connectivity index (χ4v) is 6.50. The van der Waals surface area contributed by atoms with Gasteiger partial charge in [0.1, 0.15) is 17.3 Å². The van der Waals surface area contributed by atoms with E-state index in [0.717, 1.165) is 16.0 Å². The molecule has 3 heterocycles. The number of anilines is 3. The minimum atomic E-state index is -3.13. The van der Waals surface area contributed by atoms with E-state index >= 15 is 0 Å². The van der Waals surface area contributed by atoms with Gasteiger partial charge in [-0.25, -0.2) is 17.8 Å². The number of aromatic nitrogens is 1. The summed E-state index contributed by atoms with van der Waals surface area (Å²) in [4.78, 5) is 34.3. The Morgan fingerprint density at radius 1 is 1.07 bits per heavy atom. The standard InChI is InChI=1S/C30H29FN4O4S2/c1-3-41(38,39)17-15-32-26-13-7-11-23(33-26)30(37)35-16-14-20-18-25(40-28(20)21-9-4-5-12-24(21)35)29(36)34-27-19(2)8-6-10-22(27)31/h4-13,18H,3,14-17H2,1-2H3,(H,32,33)(H,34,36). The molecule has 4 aromatic rings. The number of nitrogens with zero attached hydrogens (tertiary/aromatic N) is 2. The molecule has 0 bridgehead atoms. The molecule has 0 saturated carbocycles. The summed E-state index contributed by atoms with van der Waals surface area (Å²) >= 11 is 1.31. The first kappa shape index (κ1) is 28.4. The second-order valence-corrected chi connectivity index (χ2v) is 13.2. The molecule has 0 unspecified atom stereocenters. The van der Waals surface area contributed by atoms with E-state index in [-0.39, 0.29) is 41.2 Å². The highest BCUT2D eigenvalue weighted by Crippen LogP contribution is 2.42. The molecule has 0 fully saturated rings. The molecule has 2 amide bonds. The Labute approximate surface area is 242 Å². The van der Waals surface area contributed by atoms with Crippen LogP contribution in [0.2, 0.25) is 0 Å². The van der Waals surface area contributed by atoms with E-state index in [4.69, 9.17) is 0 Å². The average molecular weight is 593 g/mol. The van der Waals surface area contributed by atoms with E-state index in [1.54, 1.807) is 49.1 Å². The quantitative estimate of drug-likeness (QED) is 0.277. The summed E-state index contributed by atoms with van der Waals surface area (Å²) in [6, 6.07) is 19.0. The number of thiophene rings is 1. The van der Waals surface area contributed by atoms with E-state index in [2.05, 4.69) is 15.6 Å². The number of rotatable bonds is 8. The van der Waals surface area contributed by atoms with Gasteiger partial charge in [-0.15, -0.1) is 11.3 Å². The number of fused-ring (bicyclic) bond motifs is 3. The lowest BCUT2D eigenvalue weighted by Gasteiger charge is -2.23. The van der Waals surface area contributed by atoms with Gasteiger partial charge in [0, 0.05) is 29.3 Å². The van der Waals surface area contributed by atoms with Gasteiger partial charge in [-0.3, -0.25) is 9.59 Å². The summed E-state index contributed by atoms with van der Waals surface area (Å²) in [6.07, 6.45) is 0.505. The monoisotopic (exact) mass is 592 g/mol. The van der Waals surface area contributed by atoms with Gasteiger partial charge in [0.25, 0.3) is 11.8 Å². The van der Waals surface area contributed by atoms with Crippen LogP contribution >= 0.6 is 11.3 Å². The fourth-order valence-electron chi connectivity index (χ4n) is 4.65. The smallest absolute Gasteiger partial charge is 0.276 e. The first-order valence-corrected chi connectivity index (χ1v) is 15.8. The third-order valence-electron chi connectivity index (χ3n) is 6.91. The van der Waals surface area contributed by atoms with Crippen LogP contribution in [0.25, 0.3) is 10.4 Å². The highest BCUT2D eigenvalue weighted by Gasteiger charge is 2.28. The number of para-hydroxylation sites is 2. The molecule has 1 aliphatic rings. The Morgan fingerprint density at radius 2 is 1.85 bits per heavy atom. The highest BCUT2D eigenvalue weighted by atomic mass is 32.2. The maximum Gasteiger partial charge on any atom is 0.276 e. The van der Waals surface area contributed by atoms with Crippen molar-refractivity contribution in [2.24, 2.45) is 0 Å². The molecule has 0 radical (unpaired) electrons. The van der Waals surface area contributed by atoms with Crippen molar-refractivity contribution in [3.05, 3.63) is 94.2 Å². The van der Waals surface area contributed by atoms with Gasteiger partial charge in [0.05, 0.1) is 22.0 Å². The zero-order valence-electron chi connectivity index (χ0n) is 22.6. The van der Waals surface area contributed by atoms with Gasteiger partial charge in [-0.1, -0.05) is 43.3 Å². The van der Waals surface area contributed by atoms with Gasteiger partial charge >= 0.3 is 0 Å². The largest absolute Gasteiger partial charge is 0.369 e. The predicted molar refractivity (Wildman–Crippen MR) is 161 cm³/mol. The number of carbonyl (C=O) groups excluding carboxylic acids is 2. The average Bonchev–Trinajstić information content (AvgIpc) is 3.33. The van der Waals surface area contributed by atoms with Gasteiger partial charge in [-0.2, -0.15) is 0 Å². The van der Waals surface area contributed by atoms with Crippen LogP contribution in [-0.2, 0) is 16.3 Å². The lowest BCUT2D eigenvalue weighted by Crippen LogP contribution is -2.33. The molecule has 8 nitrogen and oxygen atoms in total. The summed E-state index contributed by atoms with van der Waals surface area (Å²) in [5.74, 6) is -0.699. The maximum absolute atomic E-state index is 14.3. The third-order valence-corrected chi connectivity index (χ3v) is 9.83. The summed E-state index contributed by atoms with van der Waals surface area (Å²) in [5, 5.41) is 5.70. The molecule has 2 aromatic carbocycles. The summed E-state index contributed by atoms with van der Waals surface area (Å²) in [6.45, 7) is 3.90. The van der Waals surface area contributed by atoms with Gasteiger partial charge in [-0.05, 0) is 54.8 Å². The predicted octanol–water partition coefficient (Wildman–Crippen LogP) is 5.56. The van der Waals surface area contributed by atoms with Crippen molar-refractivity contribution in [2.45, 2.75) is 20.3 Å². The number of aryl methyl sites for hydroxylation is 1. The second-order valence-electron chi connectivity index (χ2n) is 9.65. The Morgan fingerprint density at radius 3 is 2.63 bits per heavy atom. The lowest BCUT2D eigenvalue weighted by atomic mass is 10.1. The van der Waals surface area contributed by atoms with Crippen molar-refractivity contribution in [3.8, 4) is 10.4 Å². The maximum atomic E-state index is 14.3. The van der Waals surface area contributed by atoms with Gasteiger partial charge < -0.3 is 15.5 Å². The molecule has 0 spiro atoms. The van der Waals surface area contributed by atoms with Crippen LogP contribution in [0.3, 0.4) is 0 Å². The van der Waals surface area contributed by atoms with Crippen LogP contribution in [0.1, 0.15) is 38.2 Å². The number of halogens is 1. The Bertz CT molecular complexity index is 1720. The normalized spacial score (nSPS) is 12.7. The zero-order valence-corrected chi connectivity index (χ0v) is 24.2. The van der Waals surface area contributed by atoms with E-state index in [1.165, 1.54) is 17.4 Å². The van der Waals surface area contributed by atoms with Crippen LogP contribution in [0, 0.1) is 12.7 Å². The first-order chi connectivity index (χ1) is 19.7. The topological polar surface area (TPSA) is 108 Å². The Kier molecular flexibility index (Phi) is 8.18. The lowest BCUT2D eigenvalue weighted by molar-refractivity contribution is 0.0981. The van der Waals surface area contributed by atoms with Crippen LogP contribution < -0.4 is 15.5 Å². The molecular formula is C30H29FN4O4S2.